The number of para-hydroxylation sites is 2. The van der Waals surface area contributed by atoms with Crippen molar-refractivity contribution in [2.24, 2.45) is 0 Å². The predicted octanol–water partition coefficient (Wildman–Crippen LogP) is 13.5. The summed E-state index contributed by atoms with van der Waals surface area (Å²) in [5, 5.41) is 2.59. The minimum atomic E-state index is -0.438. The minimum Gasteiger partial charge on any atom is -0.309 e. The molecule has 0 saturated carbocycles. The first kappa shape index (κ1) is 28.6. The van der Waals surface area contributed by atoms with E-state index in [2.05, 4.69) is 193 Å². The highest BCUT2D eigenvalue weighted by Gasteiger charge is 2.53. The van der Waals surface area contributed by atoms with Crippen molar-refractivity contribution in [3.05, 3.63) is 210 Å². The molecule has 0 aliphatic heterocycles. The van der Waals surface area contributed by atoms with Gasteiger partial charge in [-0.2, -0.15) is 0 Å². The number of rotatable bonds is 4. The lowest BCUT2D eigenvalue weighted by molar-refractivity contribution is 0.795. The van der Waals surface area contributed by atoms with E-state index in [0.717, 1.165) is 11.4 Å². The van der Waals surface area contributed by atoms with Gasteiger partial charge < -0.3 is 4.90 Å². The van der Waals surface area contributed by atoms with Crippen molar-refractivity contribution in [2.75, 3.05) is 4.90 Å². The van der Waals surface area contributed by atoms with E-state index in [9.17, 15) is 0 Å². The average molecular weight is 666 g/mol. The predicted molar refractivity (Wildman–Crippen MR) is 216 cm³/mol. The SMILES string of the molecule is c1ccc(-c2ccc3sc4cc5c(c(N(c6ccccc6)c6ccccc6)c4c3c2)-c2ccccc2C52c3ccccc3-c3ccccc32)cc1. The molecule has 9 aromatic rings. The fourth-order valence-corrected chi connectivity index (χ4v) is 10.2. The average Bonchev–Trinajstić information content (AvgIpc) is 3.82. The van der Waals surface area contributed by atoms with E-state index in [0.29, 0.717) is 0 Å². The van der Waals surface area contributed by atoms with Crippen molar-refractivity contribution in [1.82, 2.24) is 0 Å². The standard InChI is InChI=1S/C49H31NS/c1-4-16-32(17-5-1)33-28-29-44-39(30-33)47-45(51-44)31-43-46(48(47)50(34-18-6-2-7-19-34)35-20-8-3-9-21-35)38-24-12-15-27-42(38)49(43)40-25-13-10-22-36(40)37-23-11-14-26-41(37)49/h1-31H. The Bertz CT molecular complexity index is 2710. The lowest BCUT2D eigenvalue weighted by Crippen LogP contribution is -2.26. The van der Waals surface area contributed by atoms with Gasteiger partial charge in [0, 0.05) is 37.1 Å². The van der Waals surface area contributed by atoms with Crippen molar-refractivity contribution in [2.45, 2.75) is 5.41 Å². The van der Waals surface area contributed by atoms with Gasteiger partial charge in [0.25, 0.3) is 0 Å². The van der Waals surface area contributed by atoms with E-state index >= 15 is 0 Å². The number of anilines is 3. The lowest BCUT2D eigenvalue weighted by Gasteiger charge is -2.32. The van der Waals surface area contributed by atoms with Gasteiger partial charge in [-0.15, -0.1) is 11.3 Å². The van der Waals surface area contributed by atoms with Gasteiger partial charge in [0.15, 0.2) is 0 Å². The maximum Gasteiger partial charge on any atom is 0.0726 e. The van der Waals surface area contributed by atoms with Gasteiger partial charge in [0.1, 0.15) is 0 Å². The number of benzene rings is 8. The Kier molecular flexibility index (Phi) is 6.11. The number of nitrogens with zero attached hydrogens (tertiary/aromatic N) is 1. The zero-order valence-corrected chi connectivity index (χ0v) is 28.6. The maximum atomic E-state index is 2.55. The van der Waals surface area contributed by atoms with Gasteiger partial charge >= 0.3 is 0 Å². The van der Waals surface area contributed by atoms with Crippen LogP contribution in [0.4, 0.5) is 17.1 Å². The van der Waals surface area contributed by atoms with E-state index in [-0.39, 0.29) is 0 Å². The van der Waals surface area contributed by atoms with Crippen molar-refractivity contribution in [3.8, 4) is 33.4 Å². The molecule has 2 aliphatic rings. The molecule has 8 aromatic carbocycles. The van der Waals surface area contributed by atoms with Gasteiger partial charge in [0.05, 0.1) is 11.1 Å². The molecule has 1 heterocycles. The molecule has 238 valence electrons. The van der Waals surface area contributed by atoms with Crippen molar-refractivity contribution >= 4 is 48.6 Å². The van der Waals surface area contributed by atoms with Gasteiger partial charge in [-0.05, 0) is 92.5 Å². The second kappa shape index (κ2) is 10.9. The number of thiophene rings is 1. The molecule has 11 rings (SSSR count). The number of hydrogen-bond acceptors (Lipinski definition) is 2. The zero-order chi connectivity index (χ0) is 33.5. The maximum absolute atomic E-state index is 2.55. The third kappa shape index (κ3) is 3.91. The van der Waals surface area contributed by atoms with Crippen LogP contribution in [0.3, 0.4) is 0 Å². The highest BCUT2D eigenvalue weighted by molar-refractivity contribution is 7.26. The van der Waals surface area contributed by atoms with Crippen LogP contribution in [-0.4, -0.2) is 0 Å². The molecule has 0 radical (unpaired) electrons. The molecule has 1 nitrogen and oxygen atoms in total. The third-order valence-electron chi connectivity index (χ3n) is 11.0. The molecule has 0 bridgehead atoms. The Hall–Kier alpha value is -6.22. The van der Waals surface area contributed by atoms with Gasteiger partial charge in [-0.3, -0.25) is 0 Å². The topological polar surface area (TPSA) is 3.24 Å². The smallest absolute Gasteiger partial charge is 0.0726 e. The normalized spacial score (nSPS) is 13.3. The first-order chi connectivity index (χ1) is 25.3. The molecule has 0 atom stereocenters. The van der Waals surface area contributed by atoms with Crippen LogP contribution < -0.4 is 4.90 Å². The summed E-state index contributed by atoms with van der Waals surface area (Å²) in [4.78, 5) is 2.52. The van der Waals surface area contributed by atoms with Crippen molar-refractivity contribution < 1.29 is 0 Å². The van der Waals surface area contributed by atoms with E-state index in [1.165, 1.54) is 81.5 Å². The summed E-state index contributed by atoms with van der Waals surface area (Å²) in [5.41, 5.74) is 16.2. The monoisotopic (exact) mass is 665 g/mol. The van der Waals surface area contributed by atoms with Gasteiger partial charge in [0.2, 0.25) is 0 Å². The van der Waals surface area contributed by atoms with E-state index in [1.807, 2.05) is 11.3 Å². The summed E-state index contributed by atoms with van der Waals surface area (Å²) >= 11 is 1.91. The van der Waals surface area contributed by atoms with Crippen LogP contribution in [0.15, 0.2) is 188 Å². The second-order valence-electron chi connectivity index (χ2n) is 13.6. The van der Waals surface area contributed by atoms with Crippen LogP contribution in [0.25, 0.3) is 53.6 Å². The fourth-order valence-electron chi connectivity index (χ4n) is 9.07. The Morgan fingerprint density at radius 2 is 0.902 bits per heavy atom. The van der Waals surface area contributed by atoms with Crippen LogP contribution in [0.1, 0.15) is 22.3 Å². The summed E-state index contributed by atoms with van der Waals surface area (Å²) < 4.78 is 2.60. The molecular weight excluding hydrogens is 635 g/mol. The molecule has 0 N–H and O–H groups in total. The Labute approximate surface area is 301 Å². The summed E-state index contributed by atoms with van der Waals surface area (Å²) in [6.45, 7) is 0. The quantitative estimate of drug-likeness (QED) is 0.181. The van der Waals surface area contributed by atoms with Crippen LogP contribution >= 0.6 is 11.3 Å². The molecule has 2 aliphatic carbocycles. The first-order valence-electron chi connectivity index (χ1n) is 17.6. The Balaban J connectivity index is 1.36. The number of fused-ring (bicyclic) bond motifs is 13. The molecule has 0 amide bonds. The molecule has 0 saturated heterocycles. The molecule has 51 heavy (non-hydrogen) atoms. The van der Waals surface area contributed by atoms with Gasteiger partial charge in [-0.1, -0.05) is 146 Å². The Morgan fingerprint density at radius 3 is 1.51 bits per heavy atom. The molecular formula is C49H31NS. The number of hydrogen-bond donors (Lipinski definition) is 0. The zero-order valence-electron chi connectivity index (χ0n) is 27.8. The summed E-state index contributed by atoms with van der Waals surface area (Å²) in [6.07, 6.45) is 0. The van der Waals surface area contributed by atoms with E-state index in [4.69, 9.17) is 0 Å². The molecule has 0 fully saturated rings. The molecule has 0 unspecified atom stereocenters. The first-order valence-corrected chi connectivity index (χ1v) is 18.4. The molecule has 2 heteroatoms. The van der Waals surface area contributed by atoms with Crippen molar-refractivity contribution in [1.29, 1.82) is 0 Å². The van der Waals surface area contributed by atoms with Crippen LogP contribution in [0.2, 0.25) is 0 Å². The van der Waals surface area contributed by atoms with Crippen LogP contribution in [0, 0.1) is 0 Å². The third-order valence-corrected chi connectivity index (χ3v) is 12.2. The summed E-state index contributed by atoms with van der Waals surface area (Å²) in [7, 11) is 0. The van der Waals surface area contributed by atoms with Crippen molar-refractivity contribution in [3.63, 3.8) is 0 Å². The van der Waals surface area contributed by atoms with E-state index < -0.39 is 5.41 Å². The minimum absolute atomic E-state index is 0.438. The largest absolute Gasteiger partial charge is 0.309 e. The van der Waals surface area contributed by atoms with Gasteiger partial charge in [-0.25, -0.2) is 0 Å². The highest BCUT2D eigenvalue weighted by atomic mass is 32.1. The summed E-state index contributed by atoms with van der Waals surface area (Å²) in [5.74, 6) is 0. The molecule has 1 spiro atoms. The lowest BCUT2D eigenvalue weighted by atomic mass is 9.70. The van der Waals surface area contributed by atoms with Crippen LogP contribution in [0.5, 0.6) is 0 Å². The Morgan fingerprint density at radius 1 is 0.392 bits per heavy atom. The van der Waals surface area contributed by atoms with Crippen LogP contribution in [-0.2, 0) is 5.41 Å². The fraction of sp³-hybridized carbons (Fsp3) is 0.0204. The summed E-state index contributed by atoms with van der Waals surface area (Å²) in [6, 6.07) is 69.6. The molecule has 1 aromatic heterocycles. The van der Waals surface area contributed by atoms with E-state index in [1.54, 1.807) is 0 Å². The highest BCUT2D eigenvalue weighted by Crippen LogP contribution is 2.66. The second-order valence-corrected chi connectivity index (χ2v) is 14.7.